The van der Waals surface area contributed by atoms with E-state index in [4.69, 9.17) is 0 Å². The van der Waals surface area contributed by atoms with Gasteiger partial charge < -0.3 is 20.4 Å². The minimum atomic E-state index is -1.63. The molecular weight excluding hydrogens is 616 g/mol. The number of carboxylic acids is 1. The number of benzene rings is 1. The average Bonchev–Trinajstić information content (AvgIpc) is 3.21. The van der Waals surface area contributed by atoms with Gasteiger partial charge in [0.15, 0.2) is 5.78 Å². The summed E-state index contributed by atoms with van der Waals surface area (Å²) in [4.78, 5) is 40.4. The van der Waals surface area contributed by atoms with Crippen LogP contribution in [0.15, 0.2) is 71.4 Å². The molecule has 2 saturated carbocycles. The summed E-state index contributed by atoms with van der Waals surface area (Å²) in [5.41, 5.74) is -5.24. The Morgan fingerprint density at radius 3 is 2.35 bits per heavy atom. The van der Waals surface area contributed by atoms with Crippen LogP contribution in [0.2, 0.25) is 0 Å². The van der Waals surface area contributed by atoms with Crippen LogP contribution < -0.4 is 0 Å². The van der Waals surface area contributed by atoms with Gasteiger partial charge in [-0.05, 0) is 85.0 Å². The minimum absolute atomic E-state index is 0.0299. The van der Waals surface area contributed by atoms with Crippen molar-refractivity contribution in [1.29, 1.82) is 0 Å². The molecule has 0 aromatic heterocycles. The van der Waals surface area contributed by atoms with Gasteiger partial charge in [-0.25, -0.2) is 4.79 Å². The molecule has 7 heteroatoms. The molecule has 7 rings (SSSR count). The van der Waals surface area contributed by atoms with Crippen LogP contribution in [0.25, 0.3) is 6.08 Å². The van der Waals surface area contributed by atoms with Crippen LogP contribution in [0.5, 0.6) is 0 Å². The number of fused-ring (bicyclic) bond motifs is 2. The largest absolute Gasteiger partial charge is 0.478 e. The first-order valence-corrected chi connectivity index (χ1v) is 18.2. The highest BCUT2D eigenvalue weighted by Crippen LogP contribution is 2.78. The maximum atomic E-state index is 14.9. The third-order valence-electron chi connectivity index (χ3n) is 14.9. The molecule has 0 amide bonds. The van der Waals surface area contributed by atoms with Crippen LogP contribution in [0.4, 0.5) is 0 Å². The van der Waals surface area contributed by atoms with Gasteiger partial charge in [-0.3, -0.25) is 9.59 Å². The Kier molecular flexibility index (Phi) is 7.49. The van der Waals surface area contributed by atoms with Gasteiger partial charge in [-0.15, -0.1) is 0 Å². The van der Waals surface area contributed by atoms with E-state index < -0.39 is 50.4 Å². The molecule has 0 heterocycles. The topological polar surface area (TPSA) is 132 Å². The Balaban J connectivity index is 1.40. The number of Topliss-reactive ketones (excluding diaryl/α,β-unsaturated/α-hetero) is 2. The van der Waals surface area contributed by atoms with E-state index in [-0.39, 0.29) is 41.3 Å². The molecule has 6 aliphatic carbocycles. The molecule has 7 nitrogen and oxygen atoms in total. The van der Waals surface area contributed by atoms with E-state index in [1.165, 1.54) is 6.08 Å². The second-order valence-electron chi connectivity index (χ2n) is 17.7. The summed E-state index contributed by atoms with van der Waals surface area (Å²) in [5.74, 6) is -2.22. The minimum Gasteiger partial charge on any atom is -0.478 e. The second kappa shape index (κ2) is 10.7. The number of rotatable bonds is 6. The smallest absolute Gasteiger partial charge is 0.331 e. The first-order chi connectivity index (χ1) is 22.8. The van der Waals surface area contributed by atoms with Gasteiger partial charge in [0.2, 0.25) is 0 Å². The standard InChI is InChI=1S/C42H52O7/c1-25(21-40(47)17-10-13-27(22-40)35(45)46)29-23-41(48)19-20-42(49)28(15-14-26-11-8-7-9-12-26)33-36(2,3)31(44)16-18-37(33,4)32-30(43)24-38(29,5)39(41,6)34(32)42/h7-9,11-12,14-15,19-20,22,25,28-29,33,47-49H,10,13,16-18,21,23-24H2,1-6H3,(H,45,46)/t25-,28-,29+,33+,37-,38-,39+,40-,41-,42+/m1/s1. The van der Waals surface area contributed by atoms with Crippen LogP contribution in [0, 0.1) is 45.3 Å². The van der Waals surface area contributed by atoms with Gasteiger partial charge >= 0.3 is 5.97 Å². The molecule has 0 radical (unpaired) electrons. The number of hydrogen-bond acceptors (Lipinski definition) is 6. The van der Waals surface area contributed by atoms with E-state index in [1.807, 2.05) is 70.2 Å². The molecule has 2 fully saturated rings. The molecule has 4 N–H and O–H groups in total. The van der Waals surface area contributed by atoms with Gasteiger partial charge in [-0.1, -0.05) is 90.1 Å². The fourth-order valence-electron chi connectivity index (χ4n) is 12.5. The molecule has 10 atom stereocenters. The van der Waals surface area contributed by atoms with Crippen LogP contribution in [0.1, 0.15) is 98.5 Å². The van der Waals surface area contributed by atoms with Crippen LogP contribution >= 0.6 is 0 Å². The maximum Gasteiger partial charge on any atom is 0.331 e. The van der Waals surface area contributed by atoms with Crippen molar-refractivity contribution in [3.05, 3.63) is 76.9 Å². The summed E-state index contributed by atoms with van der Waals surface area (Å²) >= 11 is 0. The fourth-order valence-corrected chi connectivity index (χ4v) is 12.5. The zero-order valence-corrected chi connectivity index (χ0v) is 29.8. The summed E-state index contributed by atoms with van der Waals surface area (Å²) in [6, 6.07) is 9.88. The zero-order valence-electron chi connectivity index (χ0n) is 29.8. The molecule has 1 aromatic carbocycles. The number of aliphatic hydroxyl groups is 3. The summed E-state index contributed by atoms with van der Waals surface area (Å²) in [5, 5.41) is 47.5. The van der Waals surface area contributed by atoms with Crippen molar-refractivity contribution < 1.29 is 34.8 Å². The Bertz CT molecular complexity index is 1750. The first kappa shape index (κ1) is 34.3. The number of hydrogen-bond donors (Lipinski definition) is 4. The molecular formula is C42H52O7. The van der Waals surface area contributed by atoms with Crippen molar-refractivity contribution in [2.45, 2.75) is 110 Å². The van der Waals surface area contributed by atoms with Crippen molar-refractivity contribution in [3.8, 4) is 0 Å². The quantitative estimate of drug-likeness (QED) is 0.250. The second-order valence-corrected chi connectivity index (χ2v) is 17.7. The van der Waals surface area contributed by atoms with E-state index in [9.17, 15) is 34.8 Å². The van der Waals surface area contributed by atoms with E-state index in [2.05, 4.69) is 13.8 Å². The monoisotopic (exact) mass is 668 g/mol. The number of carbonyl (C=O) groups excluding carboxylic acids is 2. The van der Waals surface area contributed by atoms with Gasteiger partial charge in [-0.2, -0.15) is 0 Å². The molecule has 0 saturated heterocycles. The zero-order chi connectivity index (χ0) is 35.6. The maximum absolute atomic E-state index is 14.9. The lowest BCUT2D eigenvalue weighted by molar-refractivity contribution is -0.161. The Hall–Kier alpha value is -3.13. The highest BCUT2D eigenvalue weighted by Gasteiger charge is 2.78. The average molecular weight is 669 g/mol. The first-order valence-electron chi connectivity index (χ1n) is 18.2. The van der Waals surface area contributed by atoms with Crippen molar-refractivity contribution in [2.24, 2.45) is 45.3 Å². The SMILES string of the molecule is C[C@H](C[C@@]1(O)C=C(C(=O)O)CCC1)[C@@H]1C[C@]2(O)C=C[C@@]3(O)C4=C(C(=O)C[C@@]1(C)[C@]42C)[C@@]1(C)CCC(=O)C(C)(C)[C@@H]1[C@H]3C=Cc1ccccc1. The molecule has 262 valence electrons. The van der Waals surface area contributed by atoms with Gasteiger partial charge in [0, 0.05) is 46.2 Å². The van der Waals surface area contributed by atoms with Gasteiger partial charge in [0.1, 0.15) is 11.4 Å². The summed E-state index contributed by atoms with van der Waals surface area (Å²) in [6.45, 7) is 12.2. The number of carboxylic acid groups (broad SMARTS) is 1. The third-order valence-corrected chi connectivity index (χ3v) is 14.9. The summed E-state index contributed by atoms with van der Waals surface area (Å²) < 4.78 is 0. The van der Waals surface area contributed by atoms with E-state index in [0.29, 0.717) is 56.1 Å². The number of aliphatic carboxylic acids is 1. The van der Waals surface area contributed by atoms with Crippen LogP contribution in [-0.2, 0) is 14.4 Å². The molecule has 0 aliphatic heterocycles. The number of allylic oxidation sites excluding steroid dienone is 1. The summed E-state index contributed by atoms with van der Waals surface area (Å²) in [7, 11) is 0. The van der Waals surface area contributed by atoms with Gasteiger partial charge in [0.05, 0.1) is 11.2 Å². The predicted octanol–water partition coefficient (Wildman–Crippen LogP) is 6.63. The highest BCUT2D eigenvalue weighted by atomic mass is 16.4. The predicted molar refractivity (Wildman–Crippen MR) is 187 cm³/mol. The molecule has 1 aromatic rings. The Morgan fingerprint density at radius 1 is 0.980 bits per heavy atom. The van der Waals surface area contributed by atoms with E-state index in [0.717, 1.165) is 5.56 Å². The Morgan fingerprint density at radius 2 is 1.67 bits per heavy atom. The normalized spacial score (nSPS) is 44.4. The van der Waals surface area contributed by atoms with Gasteiger partial charge in [0.25, 0.3) is 0 Å². The number of ketones is 2. The van der Waals surface area contributed by atoms with E-state index >= 15 is 0 Å². The molecule has 0 spiro atoms. The lowest BCUT2D eigenvalue weighted by atomic mass is 9.36. The highest BCUT2D eigenvalue weighted by molar-refractivity contribution is 6.02. The van der Waals surface area contributed by atoms with Crippen molar-refractivity contribution >= 4 is 23.6 Å². The van der Waals surface area contributed by atoms with Crippen LogP contribution in [-0.4, -0.2) is 54.8 Å². The third kappa shape index (κ3) is 4.47. The molecule has 6 aliphatic rings. The number of carbonyl (C=O) groups is 3. The van der Waals surface area contributed by atoms with Crippen molar-refractivity contribution in [1.82, 2.24) is 0 Å². The van der Waals surface area contributed by atoms with Crippen molar-refractivity contribution in [2.75, 3.05) is 0 Å². The molecule has 0 unspecified atom stereocenters. The lowest BCUT2D eigenvalue weighted by Crippen LogP contribution is -2.69. The van der Waals surface area contributed by atoms with Crippen LogP contribution in [0.3, 0.4) is 0 Å². The van der Waals surface area contributed by atoms with E-state index in [1.54, 1.807) is 12.2 Å². The summed E-state index contributed by atoms with van der Waals surface area (Å²) in [6.07, 6.45) is 12.2. The lowest BCUT2D eigenvalue weighted by Gasteiger charge is -2.68. The molecule has 0 bridgehead atoms. The van der Waals surface area contributed by atoms with Crippen molar-refractivity contribution in [3.63, 3.8) is 0 Å². The molecule has 49 heavy (non-hydrogen) atoms. The Labute approximate surface area is 289 Å². The fraction of sp³-hybridized carbons (Fsp3) is 0.595.